The fourth-order valence-corrected chi connectivity index (χ4v) is 4.31. The summed E-state index contributed by atoms with van der Waals surface area (Å²) in [5.74, 6) is 0.0825. The monoisotopic (exact) mass is 375 g/mol. The topological polar surface area (TPSA) is 71.8 Å². The van der Waals surface area contributed by atoms with Gasteiger partial charge in [-0.3, -0.25) is 14.4 Å². The highest BCUT2D eigenvalue weighted by atomic mass is 16.5. The van der Waals surface area contributed by atoms with Crippen LogP contribution in [-0.4, -0.2) is 66.1 Å². The highest BCUT2D eigenvalue weighted by Gasteiger charge is 2.42. The molecule has 1 aromatic rings. The number of aromatic nitrogens is 1. The van der Waals surface area contributed by atoms with Crippen LogP contribution < -0.4 is 5.56 Å². The second-order valence-electron chi connectivity index (χ2n) is 7.68. The van der Waals surface area contributed by atoms with Crippen molar-refractivity contribution in [1.29, 1.82) is 0 Å². The third-order valence-corrected chi connectivity index (χ3v) is 5.85. The van der Waals surface area contributed by atoms with Crippen molar-refractivity contribution < 1.29 is 14.3 Å². The van der Waals surface area contributed by atoms with Crippen LogP contribution in [0.4, 0.5) is 0 Å². The zero-order valence-corrected chi connectivity index (χ0v) is 16.3. The number of pyridine rings is 1. The van der Waals surface area contributed by atoms with Crippen molar-refractivity contribution in [3.05, 3.63) is 34.2 Å². The van der Waals surface area contributed by atoms with Crippen LogP contribution in [0, 0.1) is 5.41 Å². The number of hydrogen-bond acceptors (Lipinski definition) is 4. The van der Waals surface area contributed by atoms with Crippen molar-refractivity contribution in [2.75, 3.05) is 39.9 Å². The van der Waals surface area contributed by atoms with Gasteiger partial charge in [0.15, 0.2) is 0 Å². The van der Waals surface area contributed by atoms with E-state index in [4.69, 9.17) is 4.74 Å². The van der Waals surface area contributed by atoms with E-state index in [0.29, 0.717) is 51.3 Å². The molecule has 2 amide bonds. The lowest BCUT2D eigenvalue weighted by atomic mass is 9.73. The molecule has 0 radical (unpaired) electrons. The molecule has 0 bridgehead atoms. The molecule has 1 atom stereocenters. The molecule has 27 heavy (non-hydrogen) atoms. The van der Waals surface area contributed by atoms with Crippen LogP contribution in [0.5, 0.6) is 0 Å². The number of aryl methyl sites for hydroxylation is 1. The van der Waals surface area contributed by atoms with Crippen LogP contribution in [0.2, 0.25) is 0 Å². The quantitative estimate of drug-likeness (QED) is 0.779. The second kappa shape index (κ2) is 8.25. The number of ether oxygens (including phenoxy) is 1. The highest BCUT2D eigenvalue weighted by molar-refractivity contribution is 5.94. The average molecular weight is 375 g/mol. The third kappa shape index (κ3) is 4.24. The number of hydrogen-bond donors (Lipinski definition) is 0. The van der Waals surface area contributed by atoms with Gasteiger partial charge in [0.25, 0.3) is 11.5 Å². The van der Waals surface area contributed by atoms with Crippen molar-refractivity contribution in [3.63, 3.8) is 0 Å². The Morgan fingerprint density at radius 3 is 2.78 bits per heavy atom. The van der Waals surface area contributed by atoms with E-state index in [1.54, 1.807) is 23.9 Å². The molecule has 2 aliphatic heterocycles. The van der Waals surface area contributed by atoms with Crippen molar-refractivity contribution >= 4 is 11.8 Å². The summed E-state index contributed by atoms with van der Waals surface area (Å²) in [5.41, 5.74) is 0.252. The molecule has 1 aromatic heterocycles. The van der Waals surface area contributed by atoms with Crippen LogP contribution >= 0.6 is 0 Å². The summed E-state index contributed by atoms with van der Waals surface area (Å²) in [5, 5.41) is 0. The zero-order chi connectivity index (χ0) is 19.4. The molecule has 7 heteroatoms. The highest BCUT2D eigenvalue weighted by Crippen LogP contribution is 2.39. The van der Waals surface area contributed by atoms with Gasteiger partial charge in [0.2, 0.25) is 5.91 Å². The summed E-state index contributed by atoms with van der Waals surface area (Å²) in [4.78, 5) is 41.0. The van der Waals surface area contributed by atoms with Gasteiger partial charge in [0.1, 0.15) is 0 Å². The summed E-state index contributed by atoms with van der Waals surface area (Å²) in [6.07, 6.45) is 4.96. The molecule has 0 unspecified atom stereocenters. The summed E-state index contributed by atoms with van der Waals surface area (Å²) in [6.45, 7) is 5.63. The summed E-state index contributed by atoms with van der Waals surface area (Å²) in [6, 6.07) is 3.16. The first-order valence-corrected chi connectivity index (χ1v) is 9.74. The van der Waals surface area contributed by atoms with Gasteiger partial charge in [-0.1, -0.05) is 0 Å². The summed E-state index contributed by atoms with van der Waals surface area (Å²) < 4.78 is 6.70. The van der Waals surface area contributed by atoms with Gasteiger partial charge >= 0.3 is 0 Å². The number of rotatable bonds is 5. The van der Waals surface area contributed by atoms with Gasteiger partial charge in [0, 0.05) is 69.5 Å². The molecule has 1 spiro atoms. The van der Waals surface area contributed by atoms with Crippen LogP contribution in [0.1, 0.15) is 43.0 Å². The SMILES string of the molecule is CCn1ccc(C(=O)N2CCC[C@]3(CCC(=O)N(CCOC)C3)C2)cc1=O. The van der Waals surface area contributed by atoms with E-state index in [9.17, 15) is 14.4 Å². The van der Waals surface area contributed by atoms with E-state index < -0.39 is 0 Å². The molecule has 2 saturated heterocycles. The minimum Gasteiger partial charge on any atom is -0.383 e. The number of carbonyl (C=O) groups excluding carboxylic acids is 2. The fraction of sp³-hybridized carbons (Fsp3) is 0.650. The largest absolute Gasteiger partial charge is 0.383 e. The second-order valence-corrected chi connectivity index (χ2v) is 7.68. The Morgan fingerprint density at radius 1 is 1.26 bits per heavy atom. The maximum absolute atomic E-state index is 13.0. The lowest BCUT2D eigenvalue weighted by molar-refractivity contribution is -0.139. The van der Waals surface area contributed by atoms with Crippen molar-refractivity contribution in [2.45, 2.75) is 39.2 Å². The molecule has 2 aliphatic rings. The zero-order valence-electron chi connectivity index (χ0n) is 16.3. The summed E-state index contributed by atoms with van der Waals surface area (Å²) in [7, 11) is 1.64. The van der Waals surface area contributed by atoms with Gasteiger partial charge in [-0.15, -0.1) is 0 Å². The van der Waals surface area contributed by atoms with E-state index >= 15 is 0 Å². The molecule has 148 valence electrons. The number of nitrogens with zero attached hydrogens (tertiary/aromatic N) is 3. The molecular weight excluding hydrogens is 346 g/mol. The van der Waals surface area contributed by atoms with E-state index in [0.717, 1.165) is 19.3 Å². The lowest BCUT2D eigenvalue weighted by Gasteiger charge is -2.48. The Labute approximate surface area is 159 Å². The predicted octanol–water partition coefficient (Wildman–Crippen LogP) is 1.36. The minimum atomic E-state index is -0.149. The number of carbonyl (C=O) groups is 2. The van der Waals surface area contributed by atoms with Crippen molar-refractivity contribution in [2.24, 2.45) is 5.41 Å². The molecular formula is C20H29N3O4. The fourth-order valence-electron chi connectivity index (χ4n) is 4.31. The van der Waals surface area contributed by atoms with Gasteiger partial charge in [-0.05, 0) is 32.3 Å². The Morgan fingerprint density at radius 2 is 2.07 bits per heavy atom. The predicted molar refractivity (Wildman–Crippen MR) is 102 cm³/mol. The maximum Gasteiger partial charge on any atom is 0.254 e. The first-order chi connectivity index (χ1) is 13.0. The summed E-state index contributed by atoms with van der Waals surface area (Å²) >= 11 is 0. The number of piperidine rings is 2. The van der Waals surface area contributed by atoms with Gasteiger partial charge in [-0.25, -0.2) is 0 Å². The first-order valence-electron chi connectivity index (χ1n) is 9.74. The Hall–Kier alpha value is -2.15. The molecule has 0 saturated carbocycles. The van der Waals surface area contributed by atoms with E-state index in [-0.39, 0.29) is 22.8 Å². The van der Waals surface area contributed by atoms with Crippen LogP contribution in [0.3, 0.4) is 0 Å². The maximum atomic E-state index is 13.0. The Bertz CT molecular complexity index is 760. The molecule has 7 nitrogen and oxygen atoms in total. The van der Waals surface area contributed by atoms with Crippen LogP contribution in [-0.2, 0) is 16.1 Å². The third-order valence-electron chi connectivity index (χ3n) is 5.85. The molecule has 2 fully saturated rings. The Kier molecular flexibility index (Phi) is 5.99. The molecule has 3 rings (SSSR count). The van der Waals surface area contributed by atoms with Crippen molar-refractivity contribution in [1.82, 2.24) is 14.4 Å². The molecule has 0 aliphatic carbocycles. The van der Waals surface area contributed by atoms with Gasteiger partial charge in [0.05, 0.1) is 6.61 Å². The number of methoxy groups -OCH3 is 1. The smallest absolute Gasteiger partial charge is 0.254 e. The number of amides is 2. The van der Waals surface area contributed by atoms with Gasteiger partial charge < -0.3 is 19.1 Å². The molecule has 3 heterocycles. The van der Waals surface area contributed by atoms with Crippen molar-refractivity contribution in [3.8, 4) is 0 Å². The standard InChI is InChI=1S/C20H29N3O4/c1-3-21-10-6-16(13-18(21)25)19(26)23-9-4-7-20(15-23)8-5-17(24)22(14-20)11-12-27-2/h6,10,13H,3-5,7-9,11-12,14-15H2,1-2H3/t20-/m1/s1. The molecule has 0 aromatic carbocycles. The Balaban J connectivity index is 1.73. The van der Waals surface area contributed by atoms with E-state index in [1.807, 2.05) is 16.7 Å². The van der Waals surface area contributed by atoms with E-state index in [2.05, 4.69) is 0 Å². The lowest BCUT2D eigenvalue weighted by Crippen LogP contribution is -2.55. The van der Waals surface area contributed by atoms with Gasteiger partial charge in [-0.2, -0.15) is 0 Å². The molecule has 0 N–H and O–H groups in total. The first kappa shape index (κ1) is 19.6. The number of likely N-dealkylation sites (tertiary alicyclic amines) is 2. The average Bonchev–Trinajstić information content (AvgIpc) is 2.68. The van der Waals surface area contributed by atoms with Crippen LogP contribution in [0.15, 0.2) is 23.1 Å². The normalized spacial score (nSPS) is 23.1. The minimum absolute atomic E-state index is 0.0477. The van der Waals surface area contributed by atoms with E-state index in [1.165, 1.54) is 6.07 Å². The van der Waals surface area contributed by atoms with Crippen LogP contribution in [0.25, 0.3) is 0 Å².